The summed E-state index contributed by atoms with van der Waals surface area (Å²) in [5.74, 6) is 0.960. The average molecular weight is 332 g/mol. The summed E-state index contributed by atoms with van der Waals surface area (Å²) in [5, 5.41) is -0.988. The van der Waals surface area contributed by atoms with E-state index >= 15 is 0 Å². The molecule has 0 bridgehead atoms. The Morgan fingerprint density at radius 3 is 2.48 bits per heavy atom. The van der Waals surface area contributed by atoms with Crippen LogP contribution in [0, 0.1) is 0 Å². The molecular weight excluding hydrogens is 312 g/mol. The maximum Gasteiger partial charge on any atom is 0.242 e. The predicted octanol–water partition coefficient (Wildman–Crippen LogP) is 1.90. The van der Waals surface area contributed by atoms with Crippen LogP contribution in [0.25, 0.3) is 0 Å². The van der Waals surface area contributed by atoms with Gasteiger partial charge >= 0.3 is 0 Å². The van der Waals surface area contributed by atoms with Gasteiger partial charge in [0.1, 0.15) is 16.7 Å². The minimum absolute atomic E-state index is 0.0959. The van der Waals surface area contributed by atoms with Crippen LogP contribution in [0.1, 0.15) is 20.8 Å². The highest BCUT2D eigenvalue weighted by atomic mass is 32.2. The Morgan fingerprint density at radius 1 is 1.33 bits per heavy atom. The second kappa shape index (κ2) is 7.46. The number of rotatable bonds is 8. The van der Waals surface area contributed by atoms with Gasteiger partial charge in [-0.25, -0.2) is 8.42 Å². The molecule has 0 aliphatic carbocycles. The van der Waals surface area contributed by atoms with Gasteiger partial charge in [-0.1, -0.05) is 12.2 Å². The van der Waals surface area contributed by atoms with Crippen molar-refractivity contribution in [1.82, 2.24) is 0 Å². The highest BCUT2D eigenvalue weighted by molar-refractivity contribution is 7.95. The van der Waals surface area contributed by atoms with Crippen LogP contribution in [-0.2, 0) is 10.0 Å². The van der Waals surface area contributed by atoms with E-state index in [2.05, 4.69) is 4.72 Å². The topological polar surface area (TPSA) is 90.6 Å². The summed E-state index contributed by atoms with van der Waals surface area (Å²) in [6.45, 7) is 5.97. The molecule has 0 aromatic heterocycles. The van der Waals surface area contributed by atoms with Crippen LogP contribution in [-0.4, -0.2) is 31.9 Å². The molecule has 0 spiro atoms. The zero-order valence-electron chi connectivity index (χ0n) is 12.3. The van der Waals surface area contributed by atoms with Gasteiger partial charge in [-0.2, -0.15) is 0 Å². The number of nitrogens with two attached hydrogens (primary N) is 1. The average Bonchev–Trinajstić information content (AvgIpc) is 2.41. The van der Waals surface area contributed by atoms with Gasteiger partial charge in [0, 0.05) is 6.07 Å². The Bertz CT molecular complexity index is 602. The Balaban J connectivity index is 3.14. The lowest BCUT2D eigenvalue weighted by atomic mass is 10.3. The molecule has 8 heteroatoms. The van der Waals surface area contributed by atoms with Gasteiger partial charge in [0.15, 0.2) is 0 Å². The quantitative estimate of drug-likeness (QED) is 0.707. The van der Waals surface area contributed by atoms with Crippen molar-refractivity contribution in [2.75, 3.05) is 17.9 Å². The van der Waals surface area contributed by atoms with E-state index in [0.717, 1.165) is 0 Å². The van der Waals surface area contributed by atoms with Crippen LogP contribution in [0.4, 0.5) is 5.69 Å². The molecule has 1 atom stereocenters. The Kier molecular flexibility index (Phi) is 6.22. The number of nitrogens with one attached hydrogen (secondary N) is 1. The maximum atomic E-state index is 12.2. The van der Waals surface area contributed by atoms with E-state index in [4.69, 9.17) is 27.4 Å². The van der Waals surface area contributed by atoms with Gasteiger partial charge in [0.25, 0.3) is 0 Å². The van der Waals surface area contributed by atoms with Crippen LogP contribution in [0.3, 0.4) is 0 Å². The van der Waals surface area contributed by atoms with Crippen molar-refractivity contribution in [3.8, 4) is 11.5 Å². The molecule has 1 aromatic carbocycles. The standard InChI is InChI=1S/C13H20N2O4S2/c1-4-18-10-6-7-12(19-5-2)11(8-10)15-21(16,17)9(3)13(14)20/h6-9,15H,4-5H2,1-3H3,(H2,14,20). The molecule has 118 valence electrons. The van der Waals surface area contributed by atoms with Crippen molar-refractivity contribution in [3.05, 3.63) is 18.2 Å². The van der Waals surface area contributed by atoms with Gasteiger partial charge in [-0.3, -0.25) is 4.72 Å². The molecule has 0 aliphatic heterocycles. The Labute approximate surface area is 130 Å². The third-order valence-corrected chi connectivity index (χ3v) is 4.87. The second-order valence-electron chi connectivity index (χ2n) is 4.22. The third-order valence-electron chi connectivity index (χ3n) is 2.68. The fraction of sp³-hybridized carbons (Fsp3) is 0.462. The first-order chi connectivity index (χ1) is 9.81. The minimum Gasteiger partial charge on any atom is -0.494 e. The van der Waals surface area contributed by atoms with Crippen LogP contribution in [0.2, 0.25) is 0 Å². The van der Waals surface area contributed by atoms with E-state index in [1.807, 2.05) is 13.8 Å². The summed E-state index contributed by atoms with van der Waals surface area (Å²) in [6.07, 6.45) is 0. The van der Waals surface area contributed by atoms with Crippen LogP contribution in [0.15, 0.2) is 18.2 Å². The molecule has 0 aliphatic rings. The highest BCUT2D eigenvalue weighted by Crippen LogP contribution is 2.30. The van der Waals surface area contributed by atoms with E-state index in [-0.39, 0.29) is 4.99 Å². The third kappa shape index (κ3) is 4.75. The molecule has 3 N–H and O–H groups in total. The number of hydrogen-bond donors (Lipinski definition) is 2. The number of benzene rings is 1. The Hall–Kier alpha value is -1.54. The Morgan fingerprint density at radius 2 is 1.95 bits per heavy atom. The van der Waals surface area contributed by atoms with E-state index in [9.17, 15) is 8.42 Å². The summed E-state index contributed by atoms with van der Waals surface area (Å²) in [4.78, 5) is -0.0959. The molecule has 0 amide bonds. The van der Waals surface area contributed by atoms with E-state index in [1.54, 1.807) is 18.2 Å². The lowest BCUT2D eigenvalue weighted by Gasteiger charge is -2.17. The van der Waals surface area contributed by atoms with Crippen molar-refractivity contribution in [2.24, 2.45) is 5.73 Å². The molecule has 0 radical (unpaired) electrons. The zero-order chi connectivity index (χ0) is 16.0. The number of hydrogen-bond acceptors (Lipinski definition) is 5. The minimum atomic E-state index is -3.74. The first kappa shape index (κ1) is 17.5. The zero-order valence-corrected chi connectivity index (χ0v) is 13.9. The smallest absolute Gasteiger partial charge is 0.242 e. The molecule has 1 rings (SSSR count). The largest absolute Gasteiger partial charge is 0.494 e. The number of thiocarbonyl (C=S) groups is 1. The first-order valence-corrected chi connectivity index (χ1v) is 8.47. The van der Waals surface area contributed by atoms with Crippen molar-refractivity contribution < 1.29 is 17.9 Å². The monoisotopic (exact) mass is 332 g/mol. The molecule has 1 unspecified atom stereocenters. The van der Waals surface area contributed by atoms with Gasteiger partial charge in [0.05, 0.1) is 23.9 Å². The summed E-state index contributed by atoms with van der Waals surface area (Å²) < 4.78 is 37.6. The van der Waals surface area contributed by atoms with Gasteiger partial charge in [-0.15, -0.1) is 0 Å². The molecule has 6 nitrogen and oxygen atoms in total. The van der Waals surface area contributed by atoms with E-state index in [0.29, 0.717) is 30.4 Å². The summed E-state index contributed by atoms with van der Waals surface area (Å²) in [7, 11) is -3.74. The SMILES string of the molecule is CCOc1ccc(OCC)c(NS(=O)(=O)C(C)C(N)=S)c1. The number of ether oxygens (including phenoxy) is 2. The number of sulfonamides is 1. The van der Waals surface area contributed by atoms with E-state index < -0.39 is 15.3 Å². The van der Waals surface area contributed by atoms with Gasteiger partial charge < -0.3 is 15.2 Å². The molecule has 21 heavy (non-hydrogen) atoms. The van der Waals surface area contributed by atoms with Gasteiger partial charge in [0.2, 0.25) is 10.0 Å². The second-order valence-corrected chi connectivity index (χ2v) is 6.69. The predicted molar refractivity (Wildman–Crippen MR) is 87.6 cm³/mol. The number of anilines is 1. The summed E-state index contributed by atoms with van der Waals surface area (Å²) in [6, 6.07) is 4.93. The van der Waals surface area contributed by atoms with Crippen LogP contribution < -0.4 is 19.9 Å². The molecule has 0 saturated heterocycles. The first-order valence-electron chi connectivity index (χ1n) is 6.52. The molecule has 0 heterocycles. The van der Waals surface area contributed by atoms with Crippen molar-refractivity contribution >= 4 is 32.9 Å². The van der Waals surface area contributed by atoms with Crippen LogP contribution in [0.5, 0.6) is 11.5 Å². The summed E-state index contributed by atoms with van der Waals surface area (Å²) >= 11 is 4.74. The normalized spacial score (nSPS) is 12.5. The van der Waals surface area contributed by atoms with Crippen molar-refractivity contribution in [2.45, 2.75) is 26.0 Å². The fourth-order valence-corrected chi connectivity index (χ4v) is 2.85. The van der Waals surface area contributed by atoms with Gasteiger partial charge in [-0.05, 0) is 32.9 Å². The summed E-state index contributed by atoms with van der Waals surface area (Å²) in [5.41, 5.74) is 5.70. The van der Waals surface area contributed by atoms with E-state index in [1.165, 1.54) is 6.92 Å². The molecule has 1 aromatic rings. The van der Waals surface area contributed by atoms with Crippen LogP contribution >= 0.6 is 12.2 Å². The molecule has 0 saturated carbocycles. The lowest BCUT2D eigenvalue weighted by Crippen LogP contribution is -2.35. The fourth-order valence-electron chi connectivity index (χ4n) is 1.52. The maximum absolute atomic E-state index is 12.2. The molecular formula is C13H20N2O4S2. The molecule has 0 fully saturated rings. The highest BCUT2D eigenvalue weighted by Gasteiger charge is 2.24. The van der Waals surface area contributed by atoms with Crippen molar-refractivity contribution in [1.29, 1.82) is 0 Å². The van der Waals surface area contributed by atoms with Crippen molar-refractivity contribution in [3.63, 3.8) is 0 Å². The lowest BCUT2D eigenvalue weighted by molar-refractivity contribution is 0.332.